The van der Waals surface area contributed by atoms with Crippen molar-refractivity contribution in [3.8, 4) is 5.69 Å². The summed E-state index contributed by atoms with van der Waals surface area (Å²) in [5.74, 6) is 2.70. The highest BCUT2D eigenvalue weighted by Crippen LogP contribution is 2.33. The van der Waals surface area contributed by atoms with E-state index in [1.54, 1.807) is 0 Å². The van der Waals surface area contributed by atoms with Gasteiger partial charge in [-0.15, -0.1) is 10.2 Å². The third-order valence-corrected chi connectivity index (χ3v) is 4.36. The Bertz CT molecular complexity index is 530. The second-order valence-corrected chi connectivity index (χ2v) is 5.67. The number of hydrogen-bond donors (Lipinski definition) is 0. The summed E-state index contributed by atoms with van der Waals surface area (Å²) in [6, 6.07) is 10.4. The van der Waals surface area contributed by atoms with Crippen LogP contribution in [0.2, 0.25) is 0 Å². The van der Waals surface area contributed by atoms with Gasteiger partial charge in [0.1, 0.15) is 11.6 Å². The first-order chi connectivity index (χ1) is 9.40. The summed E-state index contributed by atoms with van der Waals surface area (Å²) >= 11 is 3.52. The van der Waals surface area contributed by atoms with Crippen LogP contribution in [0.5, 0.6) is 0 Å². The van der Waals surface area contributed by atoms with E-state index < -0.39 is 0 Å². The zero-order chi connectivity index (χ0) is 13.1. The van der Waals surface area contributed by atoms with Gasteiger partial charge in [0.15, 0.2) is 0 Å². The van der Waals surface area contributed by atoms with Crippen molar-refractivity contribution < 1.29 is 0 Å². The lowest BCUT2D eigenvalue weighted by atomic mass is 9.88. The minimum Gasteiger partial charge on any atom is -0.282 e. The smallest absolute Gasteiger partial charge is 0.148 e. The summed E-state index contributed by atoms with van der Waals surface area (Å²) in [5.41, 5.74) is 1.17. The predicted octanol–water partition coefficient (Wildman–Crippen LogP) is 4.21. The van der Waals surface area contributed by atoms with Gasteiger partial charge in [0.2, 0.25) is 0 Å². The van der Waals surface area contributed by atoms with E-state index in [4.69, 9.17) is 0 Å². The minimum absolute atomic E-state index is 0.564. The van der Waals surface area contributed by atoms with E-state index in [9.17, 15) is 0 Å². The zero-order valence-corrected chi connectivity index (χ0v) is 12.5. The molecule has 0 atom stereocenters. The summed E-state index contributed by atoms with van der Waals surface area (Å²) in [5, 5.41) is 9.56. The number of halogens is 1. The Morgan fingerprint density at radius 3 is 2.47 bits per heavy atom. The number of alkyl halides is 1. The first-order valence-corrected chi connectivity index (χ1v) is 8.08. The fraction of sp³-hybridized carbons (Fsp3) is 0.467. The van der Waals surface area contributed by atoms with E-state index >= 15 is 0 Å². The molecule has 0 radical (unpaired) electrons. The van der Waals surface area contributed by atoms with Gasteiger partial charge in [-0.3, -0.25) is 4.57 Å². The monoisotopic (exact) mass is 319 g/mol. The standard InChI is InChI=1S/C15H18BrN3/c16-11-14-17-18-15(12-7-3-1-4-8-12)19(14)13-9-5-2-6-10-13/h2,5-6,9-10,12H,1,3-4,7-8,11H2. The fourth-order valence-electron chi connectivity index (χ4n) is 2.90. The molecule has 0 saturated heterocycles. The van der Waals surface area contributed by atoms with Gasteiger partial charge >= 0.3 is 0 Å². The van der Waals surface area contributed by atoms with Crippen LogP contribution in [0.15, 0.2) is 30.3 Å². The molecular formula is C15H18BrN3. The summed E-state index contributed by atoms with van der Waals surface area (Å²) in [6.07, 6.45) is 6.48. The Labute approximate surface area is 122 Å². The number of hydrogen-bond acceptors (Lipinski definition) is 2. The molecular weight excluding hydrogens is 302 g/mol. The van der Waals surface area contributed by atoms with E-state index in [2.05, 4.69) is 55.0 Å². The highest BCUT2D eigenvalue weighted by molar-refractivity contribution is 9.08. The Morgan fingerprint density at radius 1 is 1.05 bits per heavy atom. The molecule has 0 bridgehead atoms. The van der Waals surface area contributed by atoms with Gasteiger partial charge in [-0.25, -0.2) is 0 Å². The van der Waals surface area contributed by atoms with Gasteiger partial charge in [-0.1, -0.05) is 53.4 Å². The van der Waals surface area contributed by atoms with Crippen molar-refractivity contribution >= 4 is 15.9 Å². The number of rotatable bonds is 3. The van der Waals surface area contributed by atoms with Crippen LogP contribution in [0.3, 0.4) is 0 Å². The van der Waals surface area contributed by atoms with Crippen molar-refractivity contribution in [2.75, 3.05) is 0 Å². The molecule has 1 aliphatic carbocycles. The highest BCUT2D eigenvalue weighted by atomic mass is 79.9. The first kappa shape index (κ1) is 12.9. The van der Waals surface area contributed by atoms with Gasteiger partial charge in [-0.05, 0) is 25.0 Å². The van der Waals surface area contributed by atoms with Crippen molar-refractivity contribution in [3.63, 3.8) is 0 Å². The predicted molar refractivity (Wildman–Crippen MR) is 79.8 cm³/mol. The molecule has 1 aliphatic rings. The number of benzene rings is 1. The topological polar surface area (TPSA) is 30.7 Å². The zero-order valence-electron chi connectivity index (χ0n) is 10.9. The second-order valence-electron chi connectivity index (χ2n) is 5.11. The molecule has 0 spiro atoms. The van der Waals surface area contributed by atoms with Gasteiger partial charge in [-0.2, -0.15) is 0 Å². The highest BCUT2D eigenvalue weighted by Gasteiger charge is 2.23. The molecule has 19 heavy (non-hydrogen) atoms. The number of aromatic nitrogens is 3. The van der Waals surface area contributed by atoms with Gasteiger partial charge < -0.3 is 0 Å². The molecule has 1 heterocycles. The maximum absolute atomic E-state index is 4.47. The average Bonchev–Trinajstić information content (AvgIpc) is 2.93. The molecule has 0 N–H and O–H groups in total. The van der Waals surface area contributed by atoms with Crippen LogP contribution in [0.4, 0.5) is 0 Å². The summed E-state index contributed by atoms with van der Waals surface area (Å²) in [6.45, 7) is 0. The third-order valence-electron chi connectivity index (χ3n) is 3.86. The van der Waals surface area contributed by atoms with Gasteiger partial charge in [0.25, 0.3) is 0 Å². The molecule has 3 rings (SSSR count). The molecule has 1 aromatic heterocycles. The Balaban J connectivity index is 2.03. The molecule has 0 aliphatic heterocycles. The normalized spacial score (nSPS) is 16.7. The van der Waals surface area contributed by atoms with Crippen molar-refractivity contribution in [1.82, 2.24) is 14.8 Å². The van der Waals surface area contributed by atoms with Crippen molar-refractivity contribution in [3.05, 3.63) is 42.0 Å². The minimum atomic E-state index is 0.564. The van der Waals surface area contributed by atoms with Crippen LogP contribution >= 0.6 is 15.9 Å². The lowest BCUT2D eigenvalue weighted by Crippen LogP contribution is -2.12. The van der Waals surface area contributed by atoms with E-state index in [-0.39, 0.29) is 0 Å². The summed E-state index contributed by atoms with van der Waals surface area (Å²) in [7, 11) is 0. The fourth-order valence-corrected chi connectivity index (χ4v) is 3.26. The van der Waals surface area contributed by atoms with Gasteiger partial charge in [0, 0.05) is 11.6 Å². The molecule has 0 unspecified atom stereocenters. The van der Waals surface area contributed by atoms with E-state index in [0.29, 0.717) is 5.92 Å². The second kappa shape index (κ2) is 5.87. The Hall–Kier alpha value is -1.16. The van der Waals surface area contributed by atoms with Crippen LogP contribution in [0.1, 0.15) is 49.7 Å². The largest absolute Gasteiger partial charge is 0.282 e. The van der Waals surface area contributed by atoms with E-state index in [1.807, 2.05) is 6.07 Å². The van der Waals surface area contributed by atoms with Crippen molar-refractivity contribution in [2.24, 2.45) is 0 Å². The third kappa shape index (κ3) is 2.59. The lowest BCUT2D eigenvalue weighted by Gasteiger charge is -2.22. The molecule has 3 nitrogen and oxygen atoms in total. The molecule has 0 amide bonds. The van der Waals surface area contributed by atoms with E-state index in [1.165, 1.54) is 37.8 Å². The average molecular weight is 320 g/mol. The SMILES string of the molecule is BrCc1nnc(C2CCCCC2)n1-c1ccccc1. The van der Waals surface area contributed by atoms with Crippen LogP contribution < -0.4 is 0 Å². The van der Waals surface area contributed by atoms with Crippen molar-refractivity contribution in [2.45, 2.75) is 43.4 Å². The first-order valence-electron chi connectivity index (χ1n) is 6.95. The maximum atomic E-state index is 4.47. The van der Waals surface area contributed by atoms with Crippen LogP contribution in [-0.2, 0) is 5.33 Å². The van der Waals surface area contributed by atoms with Crippen LogP contribution in [0.25, 0.3) is 5.69 Å². The molecule has 1 saturated carbocycles. The van der Waals surface area contributed by atoms with Crippen LogP contribution in [0, 0.1) is 0 Å². The summed E-state index contributed by atoms with van der Waals surface area (Å²) < 4.78 is 2.23. The quantitative estimate of drug-likeness (QED) is 0.793. The number of para-hydroxylation sites is 1. The van der Waals surface area contributed by atoms with Crippen molar-refractivity contribution in [1.29, 1.82) is 0 Å². The maximum Gasteiger partial charge on any atom is 0.148 e. The van der Waals surface area contributed by atoms with Gasteiger partial charge in [0.05, 0.1) is 5.33 Å². The molecule has 1 fully saturated rings. The molecule has 100 valence electrons. The lowest BCUT2D eigenvalue weighted by molar-refractivity contribution is 0.424. The molecule has 4 heteroatoms. The summed E-state index contributed by atoms with van der Waals surface area (Å²) in [4.78, 5) is 0. The van der Waals surface area contributed by atoms with E-state index in [0.717, 1.165) is 17.0 Å². The Kier molecular flexibility index (Phi) is 3.97. The Morgan fingerprint density at radius 2 is 1.79 bits per heavy atom. The molecule has 1 aromatic carbocycles. The molecule has 2 aromatic rings. The van der Waals surface area contributed by atoms with Crippen LogP contribution in [-0.4, -0.2) is 14.8 Å². The number of nitrogens with zero attached hydrogens (tertiary/aromatic N) is 3.